The van der Waals surface area contributed by atoms with Crippen molar-refractivity contribution in [1.29, 1.82) is 0 Å². The van der Waals surface area contributed by atoms with Crippen molar-refractivity contribution in [2.45, 2.75) is 9.92 Å². The lowest BCUT2D eigenvalue weighted by Crippen LogP contribution is -1.86. The molecular weight excluding hydrogens is 315 g/mol. The third-order valence-corrected chi connectivity index (χ3v) is 5.20. The Kier molecular flexibility index (Phi) is 3.44. The second-order valence-corrected chi connectivity index (χ2v) is 6.62. The fourth-order valence-corrected chi connectivity index (χ4v) is 4.08. The summed E-state index contributed by atoms with van der Waals surface area (Å²) in [5.74, 6) is -0.211. The van der Waals surface area contributed by atoms with Crippen LogP contribution in [-0.4, -0.2) is 9.38 Å². The molecule has 2 aromatic heterocycles. The van der Waals surface area contributed by atoms with E-state index in [9.17, 15) is 4.39 Å². The van der Waals surface area contributed by atoms with Crippen molar-refractivity contribution in [3.8, 4) is 11.3 Å². The molecule has 0 radical (unpaired) electrons. The third-order valence-electron chi connectivity index (χ3n) is 3.31. The second kappa shape index (κ2) is 5.59. The monoisotopic (exact) mass is 326 g/mol. The fourth-order valence-electron chi connectivity index (χ4n) is 2.28. The number of rotatable bonds is 3. The van der Waals surface area contributed by atoms with Crippen molar-refractivity contribution in [2.75, 3.05) is 0 Å². The molecule has 2 heterocycles. The van der Waals surface area contributed by atoms with E-state index in [0.717, 1.165) is 21.2 Å². The number of fused-ring (bicyclic) bond motifs is 1. The molecule has 0 N–H and O–H groups in total. The van der Waals surface area contributed by atoms with E-state index in [4.69, 9.17) is 4.98 Å². The molecule has 0 fully saturated rings. The van der Waals surface area contributed by atoms with Crippen LogP contribution in [0.25, 0.3) is 16.2 Å². The Morgan fingerprint density at radius 1 is 1.00 bits per heavy atom. The Morgan fingerprint density at radius 3 is 2.59 bits per heavy atom. The first-order chi connectivity index (χ1) is 10.8. The Hall–Kier alpha value is -2.11. The van der Waals surface area contributed by atoms with Crippen LogP contribution in [0, 0.1) is 5.82 Å². The van der Waals surface area contributed by atoms with Gasteiger partial charge in [0.05, 0.1) is 0 Å². The number of halogens is 1. The largest absolute Gasteiger partial charge is 0.284 e. The van der Waals surface area contributed by atoms with Gasteiger partial charge in [-0.05, 0) is 12.1 Å². The zero-order chi connectivity index (χ0) is 14.9. The van der Waals surface area contributed by atoms with Crippen LogP contribution >= 0.6 is 23.1 Å². The lowest BCUT2D eigenvalue weighted by atomic mass is 10.2. The molecule has 2 aromatic carbocycles. The van der Waals surface area contributed by atoms with Crippen molar-refractivity contribution in [3.05, 3.63) is 72.0 Å². The fraction of sp³-hybridized carbons (Fsp3) is 0. The molecule has 0 amide bonds. The predicted octanol–water partition coefficient (Wildman–Crippen LogP) is 5.35. The predicted molar refractivity (Wildman–Crippen MR) is 89.0 cm³/mol. The quantitative estimate of drug-likeness (QED) is 0.505. The summed E-state index contributed by atoms with van der Waals surface area (Å²) in [6.45, 7) is 0. The van der Waals surface area contributed by atoms with Crippen molar-refractivity contribution < 1.29 is 4.39 Å². The highest BCUT2D eigenvalue weighted by Crippen LogP contribution is 2.38. The zero-order valence-corrected chi connectivity index (χ0v) is 13.1. The van der Waals surface area contributed by atoms with Crippen LogP contribution in [-0.2, 0) is 0 Å². The van der Waals surface area contributed by atoms with E-state index in [1.807, 2.05) is 52.4 Å². The summed E-state index contributed by atoms with van der Waals surface area (Å²) >= 11 is 2.99. The van der Waals surface area contributed by atoms with Crippen LogP contribution in [0.2, 0.25) is 0 Å². The smallest absolute Gasteiger partial charge is 0.195 e. The van der Waals surface area contributed by atoms with Gasteiger partial charge in [-0.25, -0.2) is 9.37 Å². The molecule has 108 valence electrons. The molecule has 0 aliphatic heterocycles. The highest BCUT2D eigenvalue weighted by atomic mass is 32.2. The number of hydrogen-bond donors (Lipinski definition) is 0. The minimum atomic E-state index is -0.211. The summed E-state index contributed by atoms with van der Waals surface area (Å²) in [6, 6.07) is 16.8. The minimum absolute atomic E-state index is 0.211. The van der Waals surface area contributed by atoms with Gasteiger partial charge in [0.1, 0.15) is 16.5 Å². The molecule has 4 aromatic rings. The lowest BCUT2D eigenvalue weighted by Gasteiger charge is -2.05. The van der Waals surface area contributed by atoms with Gasteiger partial charge in [-0.15, -0.1) is 11.3 Å². The van der Waals surface area contributed by atoms with E-state index in [-0.39, 0.29) is 5.82 Å². The zero-order valence-electron chi connectivity index (χ0n) is 11.4. The number of hydrogen-bond acceptors (Lipinski definition) is 3. The molecule has 0 saturated heterocycles. The van der Waals surface area contributed by atoms with Gasteiger partial charge >= 0.3 is 0 Å². The van der Waals surface area contributed by atoms with Crippen LogP contribution < -0.4 is 0 Å². The normalized spacial score (nSPS) is 11.1. The van der Waals surface area contributed by atoms with Crippen molar-refractivity contribution in [2.24, 2.45) is 0 Å². The number of aromatic nitrogens is 2. The van der Waals surface area contributed by atoms with Gasteiger partial charge in [0.15, 0.2) is 4.96 Å². The maximum absolute atomic E-state index is 14.0. The van der Waals surface area contributed by atoms with Crippen LogP contribution in [0.3, 0.4) is 0 Å². The summed E-state index contributed by atoms with van der Waals surface area (Å²) in [6.07, 6.45) is 1.97. The van der Waals surface area contributed by atoms with Gasteiger partial charge < -0.3 is 0 Å². The maximum Gasteiger partial charge on any atom is 0.195 e. The van der Waals surface area contributed by atoms with E-state index in [1.54, 1.807) is 23.5 Å². The van der Waals surface area contributed by atoms with Crippen LogP contribution in [0.5, 0.6) is 0 Å². The first-order valence-electron chi connectivity index (χ1n) is 6.76. The number of imidazole rings is 1. The van der Waals surface area contributed by atoms with E-state index >= 15 is 0 Å². The summed E-state index contributed by atoms with van der Waals surface area (Å²) in [5, 5.41) is 2.93. The Bertz CT molecular complexity index is 928. The van der Waals surface area contributed by atoms with Gasteiger partial charge in [0.25, 0.3) is 0 Å². The van der Waals surface area contributed by atoms with Crippen LogP contribution in [0.4, 0.5) is 4.39 Å². The summed E-state index contributed by atoms with van der Waals surface area (Å²) in [5.41, 5.74) is 1.93. The summed E-state index contributed by atoms with van der Waals surface area (Å²) in [4.78, 5) is 6.23. The first-order valence-corrected chi connectivity index (χ1v) is 8.46. The Morgan fingerprint density at radius 2 is 1.77 bits per heavy atom. The lowest BCUT2D eigenvalue weighted by molar-refractivity contribution is 0.602. The molecule has 0 aliphatic carbocycles. The molecule has 0 bridgehead atoms. The van der Waals surface area contributed by atoms with Gasteiger partial charge in [-0.1, -0.05) is 54.2 Å². The first kappa shape index (κ1) is 13.5. The van der Waals surface area contributed by atoms with Gasteiger partial charge in [0, 0.05) is 22.0 Å². The van der Waals surface area contributed by atoms with Crippen molar-refractivity contribution >= 4 is 28.1 Å². The molecule has 0 unspecified atom stereocenters. The van der Waals surface area contributed by atoms with Gasteiger partial charge in [0.2, 0.25) is 0 Å². The Labute approximate surface area is 135 Å². The van der Waals surface area contributed by atoms with Crippen LogP contribution in [0.1, 0.15) is 0 Å². The number of benzene rings is 2. The SMILES string of the molecule is Fc1ccccc1Sc1c(-c2ccccc2)nc2sccn12. The van der Waals surface area contributed by atoms with Crippen molar-refractivity contribution in [1.82, 2.24) is 9.38 Å². The summed E-state index contributed by atoms with van der Waals surface area (Å²) < 4.78 is 16.0. The standard InChI is InChI=1S/C17H11FN2S2/c18-13-8-4-5-9-14(13)22-16-15(12-6-2-1-3-7-12)19-17-20(16)10-11-21-17/h1-11H. The molecule has 0 atom stereocenters. The van der Waals surface area contributed by atoms with E-state index < -0.39 is 0 Å². The molecular formula is C17H11FN2S2. The molecule has 22 heavy (non-hydrogen) atoms. The van der Waals surface area contributed by atoms with E-state index in [1.165, 1.54) is 17.8 Å². The van der Waals surface area contributed by atoms with Crippen molar-refractivity contribution in [3.63, 3.8) is 0 Å². The Balaban J connectivity index is 1.88. The van der Waals surface area contributed by atoms with Gasteiger partial charge in [-0.3, -0.25) is 4.40 Å². The average molecular weight is 326 g/mol. The topological polar surface area (TPSA) is 17.3 Å². The molecule has 4 rings (SSSR count). The molecule has 2 nitrogen and oxygen atoms in total. The number of thiazole rings is 1. The van der Waals surface area contributed by atoms with E-state index in [0.29, 0.717) is 4.90 Å². The third kappa shape index (κ3) is 2.32. The number of nitrogens with zero attached hydrogens (tertiary/aromatic N) is 2. The molecule has 5 heteroatoms. The molecule has 0 saturated carbocycles. The van der Waals surface area contributed by atoms with Gasteiger partial charge in [-0.2, -0.15) is 0 Å². The molecule has 0 aliphatic rings. The highest BCUT2D eigenvalue weighted by Gasteiger charge is 2.17. The summed E-state index contributed by atoms with van der Waals surface area (Å²) in [7, 11) is 0. The average Bonchev–Trinajstić information content (AvgIpc) is 3.13. The maximum atomic E-state index is 14.0. The second-order valence-electron chi connectivity index (χ2n) is 4.72. The van der Waals surface area contributed by atoms with E-state index in [2.05, 4.69) is 0 Å². The minimum Gasteiger partial charge on any atom is -0.284 e. The molecule has 0 spiro atoms. The van der Waals surface area contributed by atoms with Crippen LogP contribution in [0.15, 0.2) is 76.1 Å². The highest BCUT2D eigenvalue weighted by molar-refractivity contribution is 7.99.